The number of rotatable bonds is 7. The average Bonchev–Trinajstić information content (AvgIpc) is 2.85. The molecule has 2 atom stereocenters. The number of nitrogens with one attached hydrogen (secondary N) is 3. The molecule has 0 spiro atoms. The third-order valence-corrected chi connectivity index (χ3v) is 5.10. The van der Waals surface area contributed by atoms with Crippen LogP contribution in [0.1, 0.15) is 19.4 Å². The highest BCUT2D eigenvalue weighted by Gasteiger charge is 2.30. The average molecular weight is 329 g/mol. The van der Waals surface area contributed by atoms with Crippen LogP contribution in [0.4, 0.5) is 4.39 Å². The fraction of sp³-hybridized carbons (Fsp3) is 0.600. The van der Waals surface area contributed by atoms with E-state index in [1.165, 1.54) is 24.3 Å². The van der Waals surface area contributed by atoms with E-state index in [1.807, 2.05) is 0 Å². The van der Waals surface area contributed by atoms with E-state index in [1.54, 1.807) is 0 Å². The summed E-state index contributed by atoms with van der Waals surface area (Å²) in [6.07, 6.45) is 0. The zero-order chi connectivity index (χ0) is 16.2. The van der Waals surface area contributed by atoms with E-state index in [2.05, 4.69) is 29.2 Å². The molecule has 22 heavy (non-hydrogen) atoms. The van der Waals surface area contributed by atoms with Crippen LogP contribution in [0, 0.1) is 11.7 Å². The van der Waals surface area contributed by atoms with Crippen LogP contribution in [-0.4, -0.2) is 40.1 Å². The van der Waals surface area contributed by atoms with Crippen LogP contribution in [0.2, 0.25) is 0 Å². The summed E-state index contributed by atoms with van der Waals surface area (Å²) in [6, 6.07) is 5.81. The van der Waals surface area contributed by atoms with Gasteiger partial charge in [0.2, 0.25) is 10.0 Å². The van der Waals surface area contributed by atoms with Crippen LogP contribution >= 0.6 is 0 Å². The Morgan fingerprint density at radius 2 is 1.95 bits per heavy atom. The van der Waals surface area contributed by atoms with Gasteiger partial charge in [-0.25, -0.2) is 17.5 Å². The van der Waals surface area contributed by atoms with Gasteiger partial charge >= 0.3 is 0 Å². The summed E-state index contributed by atoms with van der Waals surface area (Å²) in [5.41, 5.74) is 0.580. The lowest BCUT2D eigenvalue weighted by Gasteiger charge is -2.21. The Morgan fingerprint density at radius 1 is 1.27 bits per heavy atom. The fourth-order valence-corrected chi connectivity index (χ4v) is 4.00. The van der Waals surface area contributed by atoms with Gasteiger partial charge in [0.15, 0.2) is 0 Å². The standard InChI is InChI=1S/C15H24FN3O2S/c1-11(2)18-8-13-7-17-9-15(13)19-22(20,21)10-12-3-5-14(16)6-4-12/h3-6,11,13,15,17-19H,7-10H2,1-2H3/t13-,15-/m1/s1. The van der Waals surface area contributed by atoms with E-state index in [0.717, 1.165) is 13.1 Å². The SMILES string of the molecule is CC(C)NC[C@H]1CNC[C@H]1NS(=O)(=O)Cc1ccc(F)cc1. The van der Waals surface area contributed by atoms with Crippen LogP contribution in [-0.2, 0) is 15.8 Å². The Labute approximate surface area is 131 Å². The molecule has 1 aliphatic rings. The molecule has 3 N–H and O–H groups in total. The summed E-state index contributed by atoms with van der Waals surface area (Å²) < 4.78 is 40.2. The number of hydrogen-bond donors (Lipinski definition) is 3. The van der Waals surface area contributed by atoms with Gasteiger partial charge in [0.25, 0.3) is 0 Å². The second-order valence-corrected chi connectivity index (χ2v) is 7.85. The van der Waals surface area contributed by atoms with Crippen molar-refractivity contribution in [2.45, 2.75) is 31.7 Å². The first-order valence-electron chi connectivity index (χ1n) is 7.54. The minimum absolute atomic E-state index is 0.114. The maximum Gasteiger partial charge on any atom is 0.216 e. The van der Waals surface area contributed by atoms with Crippen molar-refractivity contribution in [2.75, 3.05) is 19.6 Å². The van der Waals surface area contributed by atoms with E-state index in [0.29, 0.717) is 18.2 Å². The van der Waals surface area contributed by atoms with Crippen LogP contribution in [0.5, 0.6) is 0 Å². The van der Waals surface area contributed by atoms with Crippen LogP contribution < -0.4 is 15.4 Å². The third kappa shape index (κ3) is 5.31. The molecule has 1 aromatic carbocycles. The highest BCUT2D eigenvalue weighted by atomic mass is 32.2. The maximum atomic E-state index is 12.9. The van der Waals surface area contributed by atoms with Gasteiger partial charge in [-0.2, -0.15) is 0 Å². The van der Waals surface area contributed by atoms with Crippen molar-refractivity contribution in [3.05, 3.63) is 35.6 Å². The van der Waals surface area contributed by atoms with E-state index in [-0.39, 0.29) is 23.5 Å². The highest BCUT2D eigenvalue weighted by molar-refractivity contribution is 7.88. The lowest BCUT2D eigenvalue weighted by molar-refractivity contribution is 0.422. The van der Waals surface area contributed by atoms with Gasteiger partial charge in [0.1, 0.15) is 5.82 Å². The van der Waals surface area contributed by atoms with Crippen molar-refractivity contribution in [1.29, 1.82) is 0 Å². The lowest BCUT2D eigenvalue weighted by atomic mass is 10.0. The molecule has 0 radical (unpaired) electrons. The molecule has 1 aromatic rings. The molecule has 124 valence electrons. The first-order chi connectivity index (χ1) is 10.4. The molecule has 5 nitrogen and oxygen atoms in total. The normalized spacial score (nSPS) is 22.4. The van der Waals surface area contributed by atoms with Gasteiger partial charge in [-0.3, -0.25) is 0 Å². The van der Waals surface area contributed by atoms with Gasteiger partial charge in [-0.1, -0.05) is 26.0 Å². The van der Waals surface area contributed by atoms with Crippen molar-refractivity contribution in [3.8, 4) is 0 Å². The molecular weight excluding hydrogens is 305 g/mol. The smallest absolute Gasteiger partial charge is 0.216 e. The maximum absolute atomic E-state index is 12.9. The van der Waals surface area contributed by atoms with E-state index in [9.17, 15) is 12.8 Å². The zero-order valence-electron chi connectivity index (χ0n) is 13.0. The molecule has 1 saturated heterocycles. The Bertz CT molecular complexity index is 575. The van der Waals surface area contributed by atoms with Crippen molar-refractivity contribution < 1.29 is 12.8 Å². The Balaban J connectivity index is 1.94. The summed E-state index contributed by atoms with van der Waals surface area (Å²) in [4.78, 5) is 0. The molecule has 1 fully saturated rings. The summed E-state index contributed by atoms with van der Waals surface area (Å²) in [5, 5.41) is 6.57. The highest BCUT2D eigenvalue weighted by Crippen LogP contribution is 2.12. The van der Waals surface area contributed by atoms with Gasteiger partial charge < -0.3 is 10.6 Å². The van der Waals surface area contributed by atoms with E-state index < -0.39 is 10.0 Å². The predicted octanol–water partition coefficient (Wildman–Crippen LogP) is 0.831. The summed E-state index contributed by atoms with van der Waals surface area (Å²) in [5.74, 6) is -0.270. The molecule has 1 aliphatic heterocycles. The number of halogens is 1. The minimum Gasteiger partial charge on any atom is -0.315 e. The first kappa shape index (κ1) is 17.3. The molecule has 0 amide bonds. The number of hydrogen-bond acceptors (Lipinski definition) is 4. The Morgan fingerprint density at radius 3 is 2.59 bits per heavy atom. The molecule has 0 bridgehead atoms. The van der Waals surface area contributed by atoms with Crippen molar-refractivity contribution in [3.63, 3.8) is 0 Å². The van der Waals surface area contributed by atoms with Crippen LogP contribution in [0.15, 0.2) is 24.3 Å². The van der Waals surface area contributed by atoms with Crippen molar-refractivity contribution in [1.82, 2.24) is 15.4 Å². The topological polar surface area (TPSA) is 70.2 Å². The summed E-state index contributed by atoms with van der Waals surface area (Å²) in [6.45, 7) is 6.33. The third-order valence-electron chi connectivity index (χ3n) is 3.73. The molecule has 0 unspecified atom stereocenters. The van der Waals surface area contributed by atoms with Gasteiger partial charge in [0, 0.05) is 37.6 Å². The molecular formula is C15H24FN3O2S. The van der Waals surface area contributed by atoms with E-state index >= 15 is 0 Å². The molecule has 0 aliphatic carbocycles. The molecule has 2 rings (SSSR count). The quantitative estimate of drug-likeness (QED) is 0.693. The minimum atomic E-state index is -3.44. The Kier molecular flexibility index (Phi) is 5.91. The molecule has 7 heteroatoms. The van der Waals surface area contributed by atoms with Gasteiger partial charge in [-0.05, 0) is 17.7 Å². The van der Waals surface area contributed by atoms with Crippen molar-refractivity contribution in [2.24, 2.45) is 5.92 Å². The monoisotopic (exact) mass is 329 g/mol. The molecule has 0 aromatic heterocycles. The van der Waals surface area contributed by atoms with Gasteiger partial charge in [0.05, 0.1) is 5.75 Å². The van der Waals surface area contributed by atoms with E-state index in [4.69, 9.17) is 0 Å². The predicted molar refractivity (Wildman–Crippen MR) is 85.4 cm³/mol. The first-order valence-corrected chi connectivity index (χ1v) is 9.19. The summed E-state index contributed by atoms with van der Waals surface area (Å²) >= 11 is 0. The molecule has 1 heterocycles. The van der Waals surface area contributed by atoms with Crippen LogP contribution in [0.25, 0.3) is 0 Å². The number of benzene rings is 1. The fourth-order valence-electron chi connectivity index (χ4n) is 2.54. The summed E-state index contributed by atoms with van der Waals surface area (Å²) in [7, 11) is -3.44. The van der Waals surface area contributed by atoms with Crippen molar-refractivity contribution >= 4 is 10.0 Å². The second-order valence-electron chi connectivity index (χ2n) is 6.09. The Hall–Kier alpha value is -1.02. The molecule has 0 saturated carbocycles. The zero-order valence-corrected chi connectivity index (χ0v) is 13.8. The lowest BCUT2D eigenvalue weighted by Crippen LogP contribution is -2.44. The number of sulfonamides is 1. The second kappa shape index (κ2) is 7.50. The van der Waals surface area contributed by atoms with Crippen LogP contribution in [0.3, 0.4) is 0 Å². The van der Waals surface area contributed by atoms with Gasteiger partial charge in [-0.15, -0.1) is 0 Å². The largest absolute Gasteiger partial charge is 0.315 e.